The Kier molecular flexibility index (Phi) is 2.60. The molecule has 0 fully saturated rings. The zero-order valence-corrected chi connectivity index (χ0v) is 9.52. The molecular formula is C11H13N3O2. The summed E-state index contributed by atoms with van der Waals surface area (Å²) in [5.74, 6) is -0.400. The van der Waals surface area contributed by atoms with E-state index in [0.717, 1.165) is 16.9 Å². The molecule has 0 aromatic carbocycles. The Morgan fingerprint density at radius 1 is 1.50 bits per heavy atom. The predicted molar refractivity (Wildman–Crippen MR) is 58.4 cm³/mol. The molecule has 0 bridgehead atoms. The highest BCUT2D eigenvalue weighted by Gasteiger charge is 2.13. The lowest BCUT2D eigenvalue weighted by molar-refractivity contribution is 0.0519. The van der Waals surface area contributed by atoms with E-state index in [1.165, 1.54) is 0 Å². The van der Waals surface area contributed by atoms with Gasteiger partial charge in [0.1, 0.15) is 0 Å². The Balaban J connectivity index is 2.51. The molecule has 2 heterocycles. The van der Waals surface area contributed by atoms with E-state index >= 15 is 0 Å². The third-order valence-electron chi connectivity index (χ3n) is 2.24. The van der Waals surface area contributed by atoms with Gasteiger partial charge in [0.25, 0.3) is 0 Å². The van der Waals surface area contributed by atoms with Gasteiger partial charge in [-0.2, -0.15) is 5.10 Å². The van der Waals surface area contributed by atoms with E-state index in [1.807, 2.05) is 13.8 Å². The van der Waals surface area contributed by atoms with E-state index in [-0.39, 0.29) is 0 Å². The van der Waals surface area contributed by atoms with Crippen LogP contribution in [0.15, 0.2) is 12.3 Å². The van der Waals surface area contributed by atoms with Crippen molar-refractivity contribution in [3.8, 4) is 0 Å². The van der Waals surface area contributed by atoms with Crippen LogP contribution in [0.3, 0.4) is 0 Å². The molecule has 0 N–H and O–H groups in total. The zero-order valence-electron chi connectivity index (χ0n) is 9.52. The maximum absolute atomic E-state index is 11.5. The van der Waals surface area contributed by atoms with Gasteiger partial charge in [0.05, 0.1) is 29.7 Å². The molecule has 0 aliphatic rings. The summed E-state index contributed by atoms with van der Waals surface area (Å²) in [6.07, 6.45) is 1.78. The number of fused-ring (bicyclic) bond motifs is 1. The van der Waals surface area contributed by atoms with Gasteiger partial charge in [-0.15, -0.1) is 0 Å². The van der Waals surface area contributed by atoms with E-state index in [9.17, 15) is 4.79 Å². The van der Waals surface area contributed by atoms with Crippen molar-refractivity contribution in [3.63, 3.8) is 0 Å². The van der Waals surface area contributed by atoms with E-state index in [1.54, 1.807) is 23.7 Å². The lowest BCUT2D eigenvalue weighted by Crippen LogP contribution is -2.05. The Bertz CT molecular complexity index is 545. The molecule has 0 saturated carbocycles. The SMILES string of the molecule is CCOC(=O)c1cc2c(C)nc(C)cn2n1. The molecule has 0 radical (unpaired) electrons. The molecule has 0 aliphatic heterocycles. The van der Waals surface area contributed by atoms with Crippen molar-refractivity contribution in [2.24, 2.45) is 0 Å². The number of nitrogens with zero attached hydrogens (tertiary/aromatic N) is 3. The first-order valence-corrected chi connectivity index (χ1v) is 5.12. The molecular weight excluding hydrogens is 206 g/mol. The maximum atomic E-state index is 11.5. The number of rotatable bonds is 2. The van der Waals surface area contributed by atoms with Gasteiger partial charge >= 0.3 is 5.97 Å². The molecule has 2 aromatic rings. The van der Waals surface area contributed by atoms with E-state index in [4.69, 9.17) is 4.74 Å². The molecule has 0 unspecified atom stereocenters. The highest BCUT2D eigenvalue weighted by molar-refractivity contribution is 5.89. The van der Waals surface area contributed by atoms with Crippen molar-refractivity contribution in [2.45, 2.75) is 20.8 Å². The predicted octanol–water partition coefficient (Wildman–Crippen LogP) is 1.52. The van der Waals surface area contributed by atoms with Gasteiger partial charge in [0.2, 0.25) is 0 Å². The van der Waals surface area contributed by atoms with Crippen LogP contribution >= 0.6 is 0 Å². The Morgan fingerprint density at radius 3 is 2.94 bits per heavy atom. The molecule has 16 heavy (non-hydrogen) atoms. The number of hydrogen-bond acceptors (Lipinski definition) is 4. The van der Waals surface area contributed by atoms with Crippen molar-refractivity contribution >= 4 is 11.5 Å². The van der Waals surface area contributed by atoms with Crippen LogP contribution in [-0.4, -0.2) is 27.2 Å². The fourth-order valence-electron chi connectivity index (χ4n) is 1.60. The van der Waals surface area contributed by atoms with Gasteiger partial charge in [-0.3, -0.25) is 4.98 Å². The summed E-state index contributed by atoms with van der Waals surface area (Å²) in [4.78, 5) is 15.8. The zero-order chi connectivity index (χ0) is 11.7. The van der Waals surface area contributed by atoms with Gasteiger partial charge < -0.3 is 4.74 Å². The number of ether oxygens (including phenoxy) is 1. The summed E-state index contributed by atoms with van der Waals surface area (Å²) < 4.78 is 6.55. The quantitative estimate of drug-likeness (QED) is 0.718. The highest BCUT2D eigenvalue weighted by atomic mass is 16.5. The van der Waals surface area contributed by atoms with Crippen molar-refractivity contribution in [1.82, 2.24) is 14.6 Å². The number of aromatic nitrogens is 3. The molecule has 0 spiro atoms. The minimum absolute atomic E-state index is 0.317. The molecule has 84 valence electrons. The van der Waals surface area contributed by atoms with Crippen molar-refractivity contribution in [2.75, 3.05) is 6.61 Å². The second kappa shape index (κ2) is 3.92. The topological polar surface area (TPSA) is 56.5 Å². The van der Waals surface area contributed by atoms with Crippen molar-refractivity contribution in [1.29, 1.82) is 0 Å². The molecule has 0 atom stereocenters. The fraction of sp³-hybridized carbons (Fsp3) is 0.364. The Morgan fingerprint density at radius 2 is 2.25 bits per heavy atom. The Labute approximate surface area is 93.1 Å². The normalized spacial score (nSPS) is 10.7. The first-order valence-electron chi connectivity index (χ1n) is 5.12. The van der Waals surface area contributed by atoms with Gasteiger partial charge in [0.15, 0.2) is 5.69 Å². The van der Waals surface area contributed by atoms with Gasteiger partial charge in [-0.05, 0) is 20.8 Å². The fourth-order valence-corrected chi connectivity index (χ4v) is 1.60. The van der Waals surface area contributed by atoms with E-state index in [2.05, 4.69) is 10.1 Å². The van der Waals surface area contributed by atoms with Gasteiger partial charge in [0, 0.05) is 6.07 Å². The minimum atomic E-state index is -0.400. The number of aryl methyl sites for hydroxylation is 2. The summed E-state index contributed by atoms with van der Waals surface area (Å²) in [6, 6.07) is 1.69. The second-order valence-corrected chi connectivity index (χ2v) is 3.55. The molecule has 5 nitrogen and oxygen atoms in total. The summed E-state index contributed by atoms with van der Waals surface area (Å²) in [7, 11) is 0. The molecule has 0 saturated heterocycles. The molecule has 5 heteroatoms. The lowest BCUT2D eigenvalue weighted by Gasteiger charge is -1.98. The number of hydrogen-bond donors (Lipinski definition) is 0. The monoisotopic (exact) mass is 219 g/mol. The summed E-state index contributed by atoms with van der Waals surface area (Å²) in [5, 5.41) is 4.16. The number of carbonyl (C=O) groups excluding carboxylic acids is 1. The van der Waals surface area contributed by atoms with Crippen molar-refractivity contribution in [3.05, 3.63) is 29.3 Å². The van der Waals surface area contributed by atoms with Gasteiger partial charge in [-0.25, -0.2) is 9.31 Å². The van der Waals surface area contributed by atoms with Crippen LogP contribution in [0.2, 0.25) is 0 Å². The molecule has 0 amide bonds. The standard InChI is InChI=1S/C11H13N3O2/c1-4-16-11(15)9-5-10-8(3)12-7(2)6-14(10)13-9/h5-6H,4H2,1-3H3. The first-order chi connectivity index (χ1) is 7.61. The van der Waals surface area contributed by atoms with Crippen LogP contribution in [0, 0.1) is 13.8 Å². The van der Waals surface area contributed by atoms with Crippen molar-refractivity contribution < 1.29 is 9.53 Å². The largest absolute Gasteiger partial charge is 0.461 e. The summed E-state index contributed by atoms with van der Waals surface area (Å²) in [5.41, 5.74) is 2.86. The Hall–Kier alpha value is -1.91. The minimum Gasteiger partial charge on any atom is -0.461 e. The molecule has 0 aliphatic carbocycles. The van der Waals surface area contributed by atoms with E-state index < -0.39 is 5.97 Å². The highest BCUT2D eigenvalue weighted by Crippen LogP contribution is 2.11. The third-order valence-corrected chi connectivity index (χ3v) is 2.24. The summed E-state index contributed by atoms with van der Waals surface area (Å²) in [6.45, 7) is 5.89. The van der Waals surface area contributed by atoms with Gasteiger partial charge in [-0.1, -0.05) is 0 Å². The molecule has 2 aromatic heterocycles. The third kappa shape index (κ3) is 1.76. The average Bonchev–Trinajstić information content (AvgIpc) is 2.62. The summed E-state index contributed by atoms with van der Waals surface area (Å²) >= 11 is 0. The van der Waals surface area contributed by atoms with E-state index in [0.29, 0.717) is 12.3 Å². The van der Waals surface area contributed by atoms with Crippen LogP contribution in [0.5, 0.6) is 0 Å². The van der Waals surface area contributed by atoms with Crippen LogP contribution < -0.4 is 0 Å². The lowest BCUT2D eigenvalue weighted by atomic mass is 10.3. The maximum Gasteiger partial charge on any atom is 0.358 e. The van der Waals surface area contributed by atoms with Crippen LogP contribution in [-0.2, 0) is 4.74 Å². The molecule has 2 rings (SSSR count). The average molecular weight is 219 g/mol. The number of esters is 1. The first kappa shape index (κ1) is 10.6. The van der Waals surface area contributed by atoms with Crippen LogP contribution in [0.25, 0.3) is 5.52 Å². The second-order valence-electron chi connectivity index (χ2n) is 3.55. The number of carbonyl (C=O) groups is 1. The smallest absolute Gasteiger partial charge is 0.358 e. The van der Waals surface area contributed by atoms with Crippen LogP contribution in [0.4, 0.5) is 0 Å². The van der Waals surface area contributed by atoms with Crippen LogP contribution in [0.1, 0.15) is 28.8 Å².